The van der Waals surface area contributed by atoms with Crippen LogP contribution >= 0.6 is 11.3 Å². The molecule has 1 aromatic heterocycles. The summed E-state index contributed by atoms with van der Waals surface area (Å²) in [6.07, 6.45) is -2.53. The van der Waals surface area contributed by atoms with Gasteiger partial charge in [0, 0.05) is 17.9 Å². The number of hydrogen-bond acceptors (Lipinski definition) is 6. The summed E-state index contributed by atoms with van der Waals surface area (Å²) in [5, 5.41) is 36.5. The lowest BCUT2D eigenvalue weighted by Gasteiger charge is -2.14. The molecule has 6 nitrogen and oxygen atoms in total. The van der Waals surface area contributed by atoms with Crippen LogP contribution < -0.4 is 0 Å². The van der Waals surface area contributed by atoms with Crippen LogP contribution in [0.1, 0.15) is 39.9 Å². The number of rotatable bonds is 8. The van der Waals surface area contributed by atoms with Gasteiger partial charge in [-0.25, -0.2) is 0 Å². The fourth-order valence-corrected chi connectivity index (χ4v) is 2.50. The van der Waals surface area contributed by atoms with Crippen LogP contribution in [0.4, 0.5) is 0 Å². The average Bonchev–Trinajstić information content (AvgIpc) is 2.84. The number of hydrogen-bond donors (Lipinski definition) is 4. The number of Topliss-reactive ketones (excluding diaryl/α,β-unsaturated/α-hetero) is 1. The minimum atomic E-state index is -1.15. The van der Waals surface area contributed by atoms with Crippen molar-refractivity contribution in [3.05, 3.63) is 21.9 Å². The third-order valence-electron chi connectivity index (χ3n) is 2.55. The van der Waals surface area contributed by atoms with Crippen LogP contribution in [0.5, 0.6) is 0 Å². The lowest BCUT2D eigenvalue weighted by atomic mass is 10.1. The zero-order valence-corrected chi connectivity index (χ0v) is 11.0. The zero-order chi connectivity index (χ0) is 14.4. The summed E-state index contributed by atoms with van der Waals surface area (Å²) < 4.78 is 0. The Morgan fingerprint density at radius 2 is 1.89 bits per heavy atom. The number of carboxylic acids is 1. The lowest BCUT2D eigenvalue weighted by Crippen LogP contribution is -2.18. The zero-order valence-electron chi connectivity index (χ0n) is 10.2. The maximum atomic E-state index is 11.6. The van der Waals surface area contributed by atoms with Crippen molar-refractivity contribution in [2.75, 3.05) is 6.61 Å². The molecule has 0 spiro atoms. The third-order valence-corrected chi connectivity index (χ3v) is 3.75. The number of aliphatic hydroxyl groups is 3. The van der Waals surface area contributed by atoms with E-state index in [0.29, 0.717) is 9.75 Å². The van der Waals surface area contributed by atoms with Gasteiger partial charge in [-0.05, 0) is 18.6 Å². The first kappa shape index (κ1) is 15.8. The minimum Gasteiger partial charge on any atom is -0.481 e. The van der Waals surface area contributed by atoms with Crippen molar-refractivity contribution < 1.29 is 30.0 Å². The van der Waals surface area contributed by atoms with E-state index in [0.717, 1.165) is 11.3 Å². The average molecular weight is 288 g/mol. The van der Waals surface area contributed by atoms with Crippen molar-refractivity contribution >= 4 is 23.1 Å². The molecule has 4 N–H and O–H groups in total. The highest BCUT2D eigenvalue weighted by atomic mass is 32.1. The van der Waals surface area contributed by atoms with E-state index in [1.807, 2.05) is 0 Å². The molecule has 106 valence electrons. The van der Waals surface area contributed by atoms with Crippen molar-refractivity contribution in [2.45, 2.75) is 31.5 Å². The van der Waals surface area contributed by atoms with Crippen LogP contribution in [0.25, 0.3) is 0 Å². The Bertz CT molecular complexity index is 441. The molecule has 0 aliphatic rings. The molecule has 7 heteroatoms. The molecule has 0 aromatic carbocycles. The largest absolute Gasteiger partial charge is 0.481 e. The number of ketones is 1. The van der Waals surface area contributed by atoms with E-state index >= 15 is 0 Å². The molecule has 1 rings (SSSR count). The quantitative estimate of drug-likeness (QED) is 0.520. The SMILES string of the molecule is O=C(O)CCC(=O)c1ccc(C(O)C(O)CCO)s1. The molecule has 1 heterocycles. The van der Waals surface area contributed by atoms with Crippen molar-refractivity contribution in [1.29, 1.82) is 0 Å². The van der Waals surface area contributed by atoms with Gasteiger partial charge in [-0.15, -0.1) is 11.3 Å². The maximum Gasteiger partial charge on any atom is 0.303 e. The fourth-order valence-electron chi connectivity index (χ4n) is 1.49. The smallest absolute Gasteiger partial charge is 0.303 e. The van der Waals surface area contributed by atoms with E-state index in [1.54, 1.807) is 0 Å². The molecular formula is C12H16O6S. The number of carboxylic acid groups (broad SMARTS) is 1. The van der Waals surface area contributed by atoms with Crippen molar-refractivity contribution in [2.24, 2.45) is 0 Å². The highest BCUT2D eigenvalue weighted by molar-refractivity contribution is 7.14. The standard InChI is InChI=1S/C12H16O6S/c13-6-5-8(15)12(18)10-3-2-9(19-10)7(14)1-4-11(16)17/h2-3,8,12-13,15,18H,1,4-6H2,(H,16,17). The Hall–Kier alpha value is -1.28. The van der Waals surface area contributed by atoms with Gasteiger partial charge in [0.1, 0.15) is 6.10 Å². The van der Waals surface area contributed by atoms with Crippen molar-refractivity contribution in [3.63, 3.8) is 0 Å². The van der Waals surface area contributed by atoms with Gasteiger partial charge in [-0.2, -0.15) is 0 Å². The second kappa shape index (κ2) is 7.34. The van der Waals surface area contributed by atoms with Gasteiger partial charge in [-0.1, -0.05) is 0 Å². The molecule has 0 fully saturated rings. The second-order valence-corrected chi connectivity index (χ2v) is 5.16. The van der Waals surface area contributed by atoms with Gasteiger partial charge < -0.3 is 20.4 Å². The van der Waals surface area contributed by atoms with Crippen molar-refractivity contribution in [1.82, 2.24) is 0 Å². The van der Waals surface area contributed by atoms with Crippen molar-refractivity contribution in [3.8, 4) is 0 Å². The first-order valence-electron chi connectivity index (χ1n) is 5.77. The predicted molar refractivity (Wildman–Crippen MR) is 68.2 cm³/mol. The van der Waals surface area contributed by atoms with E-state index in [9.17, 15) is 19.8 Å². The number of aliphatic carboxylic acids is 1. The van der Waals surface area contributed by atoms with Crippen LogP contribution in [-0.2, 0) is 4.79 Å². The molecule has 0 amide bonds. The fraction of sp³-hybridized carbons (Fsp3) is 0.500. The lowest BCUT2D eigenvalue weighted by molar-refractivity contribution is -0.136. The van der Waals surface area contributed by atoms with Gasteiger partial charge in [0.15, 0.2) is 5.78 Å². The van der Waals surface area contributed by atoms with E-state index in [4.69, 9.17) is 10.2 Å². The molecule has 0 aliphatic carbocycles. The summed E-state index contributed by atoms with van der Waals surface area (Å²) in [6, 6.07) is 3.02. The highest BCUT2D eigenvalue weighted by Crippen LogP contribution is 2.27. The number of carbonyl (C=O) groups is 2. The molecule has 19 heavy (non-hydrogen) atoms. The molecular weight excluding hydrogens is 272 g/mol. The summed E-state index contributed by atoms with van der Waals surface area (Å²) in [7, 11) is 0. The monoisotopic (exact) mass is 288 g/mol. The molecule has 0 bridgehead atoms. The summed E-state index contributed by atoms with van der Waals surface area (Å²) in [5.74, 6) is -1.34. The van der Waals surface area contributed by atoms with E-state index in [-0.39, 0.29) is 31.7 Å². The summed E-state index contributed by atoms with van der Waals surface area (Å²) in [6.45, 7) is -0.242. The summed E-state index contributed by atoms with van der Waals surface area (Å²) in [4.78, 5) is 22.8. The topological polar surface area (TPSA) is 115 Å². The van der Waals surface area contributed by atoms with Gasteiger partial charge in [-0.3, -0.25) is 9.59 Å². The Kier molecular flexibility index (Phi) is 6.10. The first-order valence-corrected chi connectivity index (χ1v) is 6.59. The van der Waals surface area contributed by atoms with E-state index < -0.39 is 18.2 Å². The minimum absolute atomic E-state index is 0.0430. The molecule has 0 aliphatic heterocycles. The van der Waals surface area contributed by atoms with Crippen LogP contribution in [0, 0.1) is 0 Å². The second-order valence-electron chi connectivity index (χ2n) is 4.04. The summed E-state index contributed by atoms with van der Waals surface area (Å²) >= 11 is 1.02. The molecule has 2 atom stereocenters. The molecule has 1 aromatic rings. The Morgan fingerprint density at radius 1 is 1.21 bits per heavy atom. The summed E-state index contributed by atoms with van der Waals surface area (Å²) in [5.41, 5.74) is 0. The van der Waals surface area contributed by atoms with Gasteiger partial charge in [0.05, 0.1) is 17.4 Å². The number of carbonyl (C=O) groups excluding carboxylic acids is 1. The van der Waals surface area contributed by atoms with Crippen LogP contribution in [-0.4, -0.2) is 44.9 Å². The van der Waals surface area contributed by atoms with Crippen LogP contribution in [0.15, 0.2) is 12.1 Å². The van der Waals surface area contributed by atoms with Crippen LogP contribution in [0.2, 0.25) is 0 Å². The van der Waals surface area contributed by atoms with E-state index in [2.05, 4.69) is 0 Å². The Balaban J connectivity index is 2.65. The maximum absolute atomic E-state index is 11.6. The normalized spacial score (nSPS) is 14.1. The molecule has 2 unspecified atom stereocenters. The number of thiophene rings is 1. The Labute approximate surface area is 113 Å². The van der Waals surface area contributed by atoms with Crippen LogP contribution in [0.3, 0.4) is 0 Å². The third kappa shape index (κ3) is 4.71. The Morgan fingerprint density at radius 3 is 2.47 bits per heavy atom. The van der Waals surface area contributed by atoms with Gasteiger partial charge in [0.2, 0.25) is 0 Å². The highest BCUT2D eigenvalue weighted by Gasteiger charge is 2.21. The molecule has 0 saturated heterocycles. The van der Waals surface area contributed by atoms with Gasteiger partial charge >= 0.3 is 5.97 Å². The van der Waals surface area contributed by atoms with E-state index in [1.165, 1.54) is 12.1 Å². The molecule has 0 radical (unpaired) electrons. The number of aliphatic hydroxyl groups excluding tert-OH is 3. The predicted octanol–water partition coefficient (Wildman–Crippen LogP) is 0.572. The molecule has 0 saturated carbocycles. The first-order chi connectivity index (χ1) is 8.95. The van der Waals surface area contributed by atoms with Gasteiger partial charge in [0.25, 0.3) is 0 Å².